The molecule has 124 valence electrons. The van der Waals surface area contributed by atoms with Gasteiger partial charge in [-0.15, -0.1) is 0 Å². The first-order valence-corrected chi connectivity index (χ1v) is 8.29. The van der Waals surface area contributed by atoms with Crippen LogP contribution in [0.1, 0.15) is 54.4 Å². The minimum Gasteiger partial charge on any atom is -0.468 e. The lowest BCUT2D eigenvalue weighted by molar-refractivity contribution is -0.149. The maximum Gasteiger partial charge on any atom is 0.325 e. The van der Waals surface area contributed by atoms with Gasteiger partial charge in [-0.2, -0.15) is 0 Å². The third-order valence-electron chi connectivity index (χ3n) is 4.94. The summed E-state index contributed by atoms with van der Waals surface area (Å²) in [6.45, 7) is 15.2. The van der Waals surface area contributed by atoms with Crippen LogP contribution in [0, 0.1) is 11.8 Å². The van der Waals surface area contributed by atoms with E-state index >= 15 is 0 Å². The third kappa shape index (κ3) is 4.96. The van der Waals surface area contributed by atoms with E-state index in [1.807, 2.05) is 6.92 Å². The molecule has 0 spiro atoms. The number of hydrogen-bond acceptors (Lipinski definition) is 4. The van der Waals surface area contributed by atoms with Crippen molar-refractivity contribution in [3.05, 3.63) is 0 Å². The molecule has 4 heteroatoms. The van der Waals surface area contributed by atoms with Crippen LogP contribution < -0.4 is 5.32 Å². The van der Waals surface area contributed by atoms with Crippen molar-refractivity contribution < 1.29 is 9.53 Å². The number of nitrogens with one attached hydrogen (secondary N) is 1. The van der Waals surface area contributed by atoms with Crippen molar-refractivity contribution in [1.82, 2.24) is 10.2 Å². The Morgan fingerprint density at radius 2 is 1.95 bits per heavy atom. The average molecular weight is 298 g/mol. The second-order valence-corrected chi connectivity index (χ2v) is 7.41. The lowest BCUT2D eigenvalue weighted by Gasteiger charge is -2.42. The van der Waals surface area contributed by atoms with Gasteiger partial charge in [0.1, 0.15) is 5.54 Å². The van der Waals surface area contributed by atoms with Crippen LogP contribution in [0.15, 0.2) is 0 Å². The summed E-state index contributed by atoms with van der Waals surface area (Å²) < 4.78 is 5.02. The fourth-order valence-electron chi connectivity index (χ4n) is 3.48. The van der Waals surface area contributed by atoms with Crippen LogP contribution >= 0.6 is 0 Å². The second-order valence-electron chi connectivity index (χ2n) is 7.41. The van der Waals surface area contributed by atoms with Crippen LogP contribution in [0.5, 0.6) is 0 Å². The predicted molar refractivity (Wildman–Crippen MR) is 87.3 cm³/mol. The van der Waals surface area contributed by atoms with Gasteiger partial charge in [0.15, 0.2) is 0 Å². The van der Waals surface area contributed by atoms with Crippen LogP contribution in [-0.2, 0) is 9.53 Å². The fourth-order valence-corrected chi connectivity index (χ4v) is 3.48. The molecule has 0 radical (unpaired) electrons. The van der Waals surface area contributed by atoms with E-state index in [9.17, 15) is 4.79 Å². The van der Waals surface area contributed by atoms with Gasteiger partial charge in [0, 0.05) is 18.6 Å². The van der Waals surface area contributed by atoms with Gasteiger partial charge in [0.25, 0.3) is 0 Å². The topological polar surface area (TPSA) is 41.6 Å². The number of rotatable bonds is 6. The summed E-state index contributed by atoms with van der Waals surface area (Å²) in [5.74, 6) is 1.36. The van der Waals surface area contributed by atoms with Gasteiger partial charge in [-0.25, -0.2) is 0 Å². The molecule has 4 atom stereocenters. The van der Waals surface area contributed by atoms with Gasteiger partial charge < -0.3 is 9.64 Å². The molecule has 0 amide bonds. The molecule has 21 heavy (non-hydrogen) atoms. The maximum absolute atomic E-state index is 12.2. The molecule has 4 unspecified atom stereocenters. The Kier molecular flexibility index (Phi) is 6.67. The number of piperidine rings is 1. The molecule has 1 heterocycles. The molecule has 1 fully saturated rings. The summed E-state index contributed by atoms with van der Waals surface area (Å²) >= 11 is 0. The van der Waals surface area contributed by atoms with Crippen molar-refractivity contribution in [1.29, 1.82) is 0 Å². The third-order valence-corrected chi connectivity index (χ3v) is 4.94. The Hall–Kier alpha value is -0.610. The Morgan fingerprint density at radius 1 is 1.33 bits per heavy atom. The van der Waals surface area contributed by atoms with Crippen LogP contribution in [0.25, 0.3) is 0 Å². The lowest BCUT2D eigenvalue weighted by Crippen LogP contribution is -2.57. The molecule has 1 saturated heterocycles. The number of nitrogens with zero attached hydrogens (tertiary/aromatic N) is 1. The molecular weight excluding hydrogens is 264 g/mol. The van der Waals surface area contributed by atoms with E-state index in [-0.39, 0.29) is 12.0 Å². The SMILES string of the molecule is COC(=O)C(C)(CC(C)N1CCC(C)C(C)C1)NC(C)C. The summed E-state index contributed by atoms with van der Waals surface area (Å²) in [6.07, 6.45) is 2.02. The van der Waals surface area contributed by atoms with Crippen LogP contribution in [0.2, 0.25) is 0 Å². The molecule has 1 N–H and O–H groups in total. The number of ether oxygens (including phenoxy) is 1. The molecule has 0 aromatic heterocycles. The maximum atomic E-state index is 12.2. The first-order chi connectivity index (χ1) is 9.69. The van der Waals surface area contributed by atoms with E-state index in [0.717, 1.165) is 31.3 Å². The van der Waals surface area contributed by atoms with Crippen molar-refractivity contribution in [3.8, 4) is 0 Å². The van der Waals surface area contributed by atoms with Crippen molar-refractivity contribution in [2.24, 2.45) is 11.8 Å². The van der Waals surface area contributed by atoms with E-state index in [1.165, 1.54) is 13.5 Å². The minimum absolute atomic E-state index is 0.165. The zero-order chi connectivity index (χ0) is 16.2. The van der Waals surface area contributed by atoms with Gasteiger partial charge in [0.05, 0.1) is 7.11 Å². The van der Waals surface area contributed by atoms with Gasteiger partial charge in [-0.3, -0.25) is 10.1 Å². The summed E-state index contributed by atoms with van der Waals surface area (Å²) in [4.78, 5) is 14.7. The Morgan fingerprint density at radius 3 is 2.43 bits per heavy atom. The Bertz CT molecular complexity index is 346. The fraction of sp³-hybridized carbons (Fsp3) is 0.941. The second kappa shape index (κ2) is 7.59. The zero-order valence-corrected chi connectivity index (χ0v) is 14.9. The van der Waals surface area contributed by atoms with Crippen LogP contribution in [-0.4, -0.2) is 48.7 Å². The van der Waals surface area contributed by atoms with Crippen LogP contribution in [0.3, 0.4) is 0 Å². The minimum atomic E-state index is -0.616. The van der Waals surface area contributed by atoms with Crippen molar-refractivity contribution >= 4 is 5.97 Å². The van der Waals surface area contributed by atoms with Gasteiger partial charge in [0.2, 0.25) is 0 Å². The highest BCUT2D eigenvalue weighted by molar-refractivity contribution is 5.80. The normalized spacial score (nSPS) is 28.2. The lowest BCUT2D eigenvalue weighted by atomic mass is 9.86. The Balaban J connectivity index is 2.72. The van der Waals surface area contributed by atoms with Gasteiger partial charge in [-0.05, 0) is 58.9 Å². The smallest absolute Gasteiger partial charge is 0.325 e. The molecule has 0 saturated carbocycles. The molecule has 1 rings (SSSR count). The van der Waals surface area contributed by atoms with Crippen molar-refractivity contribution in [3.63, 3.8) is 0 Å². The highest BCUT2D eigenvalue weighted by atomic mass is 16.5. The Labute approximate surface area is 130 Å². The van der Waals surface area contributed by atoms with E-state index in [0.29, 0.717) is 6.04 Å². The number of hydrogen-bond donors (Lipinski definition) is 1. The molecule has 4 nitrogen and oxygen atoms in total. The summed E-state index contributed by atoms with van der Waals surface area (Å²) in [5, 5.41) is 3.40. The first kappa shape index (κ1) is 18.4. The standard InChI is InChI=1S/C17H34N2O2/c1-12(2)18-17(6,16(20)21-7)10-15(5)19-9-8-13(3)14(4)11-19/h12-15,18H,8-11H2,1-7H3. The van der Waals surface area contributed by atoms with Gasteiger partial charge in [-0.1, -0.05) is 13.8 Å². The zero-order valence-electron chi connectivity index (χ0n) is 14.9. The number of carbonyl (C=O) groups is 1. The average Bonchev–Trinajstić information content (AvgIpc) is 2.39. The summed E-state index contributed by atoms with van der Waals surface area (Å²) in [6, 6.07) is 0.622. The number of methoxy groups -OCH3 is 1. The highest BCUT2D eigenvalue weighted by Gasteiger charge is 2.38. The number of likely N-dealkylation sites (tertiary alicyclic amines) is 1. The van der Waals surface area contributed by atoms with E-state index in [2.05, 4.69) is 44.8 Å². The predicted octanol–water partition coefficient (Wildman–Crippen LogP) is 2.67. The molecule has 1 aliphatic heterocycles. The largest absolute Gasteiger partial charge is 0.468 e. The van der Waals surface area contributed by atoms with Crippen molar-refractivity contribution in [2.75, 3.05) is 20.2 Å². The first-order valence-electron chi connectivity index (χ1n) is 8.29. The summed E-state index contributed by atoms with van der Waals surface area (Å²) in [5.41, 5.74) is -0.616. The number of carbonyl (C=O) groups excluding carboxylic acids is 1. The van der Waals surface area contributed by atoms with Crippen LogP contribution in [0.4, 0.5) is 0 Å². The molecule has 0 aliphatic carbocycles. The monoisotopic (exact) mass is 298 g/mol. The molecule has 0 aromatic rings. The molecule has 1 aliphatic rings. The number of esters is 1. The highest BCUT2D eigenvalue weighted by Crippen LogP contribution is 2.27. The summed E-state index contributed by atoms with van der Waals surface area (Å²) in [7, 11) is 1.47. The van der Waals surface area contributed by atoms with E-state index in [4.69, 9.17) is 4.74 Å². The van der Waals surface area contributed by atoms with Gasteiger partial charge >= 0.3 is 5.97 Å². The molecule has 0 bridgehead atoms. The van der Waals surface area contributed by atoms with E-state index < -0.39 is 5.54 Å². The molecule has 0 aromatic carbocycles. The molecular formula is C17H34N2O2. The quantitative estimate of drug-likeness (QED) is 0.766. The van der Waals surface area contributed by atoms with Crippen molar-refractivity contribution in [2.45, 2.75) is 72.0 Å². The van der Waals surface area contributed by atoms with E-state index in [1.54, 1.807) is 0 Å².